The molecule has 2 aromatic carbocycles. The van der Waals surface area contributed by atoms with E-state index in [1.165, 1.54) is 0 Å². The van der Waals surface area contributed by atoms with E-state index in [1.54, 1.807) is 17.9 Å². The van der Waals surface area contributed by atoms with Gasteiger partial charge in [-0.3, -0.25) is 9.59 Å². The largest absolute Gasteiger partial charge is 0.354 e. The lowest BCUT2D eigenvalue weighted by molar-refractivity contribution is -0.140. The number of amides is 2. The van der Waals surface area contributed by atoms with Gasteiger partial charge >= 0.3 is 0 Å². The molecule has 1 N–H and O–H groups in total. The predicted molar refractivity (Wildman–Crippen MR) is 119 cm³/mol. The fourth-order valence-electron chi connectivity index (χ4n) is 3.21. The zero-order valence-corrected chi connectivity index (χ0v) is 18.6. The van der Waals surface area contributed by atoms with Crippen molar-refractivity contribution in [1.82, 2.24) is 10.2 Å². The summed E-state index contributed by atoms with van der Waals surface area (Å²) in [7, 11) is 0. The van der Waals surface area contributed by atoms with Gasteiger partial charge in [-0.25, -0.2) is 0 Å². The predicted octanol–water partition coefficient (Wildman–Crippen LogP) is 4.83. The van der Waals surface area contributed by atoms with Crippen LogP contribution in [0.15, 0.2) is 42.5 Å². The van der Waals surface area contributed by atoms with E-state index in [4.69, 9.17) is 11.6 Å². The Morgan fingerprint density at radius 2 is 1.90 bits per heavy atom. The second kappa shape index (κ2) is 11.0. The van der Waals surface area contributed by atoms with Crippen molar-refractivity contribution < 1.29 is 9.59 Å². The highest BCUT2D eigenvalue weighted by molar-refractivity contribution is 6.30. The van der Waals surface area contributed by atoms with Crippen LogP contribution in [0.25, 0.3) is 0 Å². The molecule has 0 fully saturated rings. The van der Waals surface area contributed by atoms with Crippen molar-refractivity contribution in [3.8, 4) is 0 Å². The second-order valence-corrected chi connectivity index (χ2v) is 8.02. The maximum Gasteiger partial charge on any atom is 0.242 e. The van der Waals surface area contributed by atoms with Crippen molar-refractivity contribution in [2.24, 2.45) is 0 Å². The minimum absolute atomic E-state index is 0.0724. The minimum atomic E-state index is -0.566. The number of benzene rings is 2. The van der Waals surface area contributed by atoms with Gasteiger partial charge in [0.05, 0.1) is 6.42 Å². The number of nitrogens with zero attached hydrogens (tertiary/aromatic N) is 1. The summed E-state index contributed by atoms with van der Waals surface area (Å²) in [6.07, 6.45) is 2.19. The number of carbonyl (C=O) groups excluding carboxylic acids is 2. The first kappa shape index (κ1) is 23.0. The lowest BCUT2D eigenvalue weighted by Crippen LogP contribution is -2.48. The van der Waals surface area contributed by atoms with Crippen molar-refractivity contribution in [3.63, 3.8) is 0 Å². The zero-order chi connectivity index (χ0) is 21.4. The summed E-state index contributed by atoms with van der Waals surface area (Å²) in [6, 6.07) is 13.0. The molecule has 156 valence electrons. The molecule has 2 amide bonds. The molecule has 5 heteroatoms. The first-order valence-corrected chi connectivity index (χ1v) is 10.6. The van der Waals surface area contributed by atoms with Crippen LogP contribution in [0.4, 0.5) is 0 Å². The maximum absolute atomic E-state index is 13.3. The number of rotatable bonds is 9. The smallest absolute Gasteiger partial charge is 0.242 e. The molecule has 0 aliphatic carbocycles. The Labute approximate surface area is 179 Å². The minimum Gasteiger partial charge on any atom is -0.354 e. The molecular weight excluding hydrogens is 384 g/mol. The lowest BCUT2D eigenvalue weighted by Gasteiger charge is -2.29. The summed E-state index contributed by atoms with van der Waals surface area (Å²) in [5.74, 6) is -0.202. The molecule has 0 saturated heterocycles. The number of hydrogen-bond acceptors (Lipinski definition) is 2. The average molecular weight is 415 g/mol. The number of hydrogen-bond donors (Lipinski definition) is 1. The molecule has 4 nitrogen and oxygen atoms in total. The van der Waals surface area contributed by atoms with Crippen molar-refractivity contribution in [2.45, 2.75) is 59.5 Å². The van der Waals surface area contributed by atoms with E-state index in [-0.39, 0.29) is 18.2 Å². The fraction of sp³-hybridized carbons (Fsp3) is 0.417. The summed E-state index contributed by atoms with van der Waals surface area (Å²) >= 11 is 6.12. The SMILES string of the molecule is CCCCNC(=O)[C@H](C)N(Cc1cccc(Cl)c1)C(=O)Cc1cc(C)ccc1C. The van der Waals surface area contributed by atoms with Crippen LogP contribution >= 0.6 is 11.6 Å². The Kier molecular flexibility index (Phi) is 8.71. The normalized spacial score (nSPS) is 11.8. The quantitative estimate of drug-likeness (QED) is 0.597. The Hall–Kier alpha value is -2.33. The number of aryl methyl sites for hydroxylation is 2. The molecule has 0 saturated carbocycles. The van der Waals surface area contributed by atoms with E-state index in [1.807, 2.05) is 50.2 Å². The van der Waals surface area contributed by atoms with E-state index in [9.17, 15) is 9.59 Å². The Morgan fingerprint density at radius 3 is 2.59 bits per heavy atom. The zero-order valence-electron chi connectivity index (χ0n) is 17.8. The Morgan fingerprint density at radius 1 is 1.14 bits per heavy atom. The molecule has 0 spiro atoms. The Balaban J connectivity index is 2.23. The van der Waals surface area contributed by atoms with Crippen LogP contribution in [0.2, 0.25) is 5.02 Å². The van der Waals surface area contributed by atoms with Gasteiger partial charge in [-0.05, 0) is 56.0 Å². The van der Waals surface area contributed by atoms with Crippen LogP contribution in [0, 0.1) is 13.8 Å². The molecule has 0 heterocycles. The van der Waals surface area contributed by atoms with Gasteiger partial charge in [0.2, 0.25) is 11.8 Å². The molecule has 0 aliphatic rings. The topological polar surface area (TPSA) is 49.4 Å². The monoisotopic (exact) mass is 414 g/mol. The first-order valence-electron chi connectivity index (χ1n) is 10.2. The molecule has 0 unspecified atom stereocenters. The molecular formula is C24H31ClN2O2. The van der Waals surface area contributed by atoms with Gasteiger partial charge < -0.3 is 10.2 Å². The van der Waals surface area contributed by atoms with Crippen LogP contribution in [0.3, 0.4) is 0 Å². The molecule has 0 radical (unpaired) electrons. The molecule has 0 bridgehead atoms. The van der Waals surface area contributed by atoms with Gasteiger partial charge in [-0.1, -0.05) is 60.8 Å². The third-order valence-corrected chi connectivity index (χ3v) is 5.32. The van der Waals surface area contributed by atoms with Gasteiger partial charge in [0, 0.05) is 18.1 Å². The van der Waals surface area contributed by atoms with Crippen molar-refractivity contribution in [1.29, 1.82) is 0 Å². The van der Waals surface area contributed by atoms with E-state index in [0.29, 0.717) is 18.1 Å². The van der Waals surface area contributed by atoms with Gasteiger partial charge in [-0.2, -0.15) is 0 Å². The first-order chi connectivity index (χ1) is 13.8. The third kappa shape index (κ3) is 6.90. The van der Waals surface area contributed by atoms with Crippen molar-refractivity contribution >= 4 is 23.4 Å². The summed E-state index contributed by atoms with van der Waals surface area (Å²) in [5, 5.41) is 3.56. The fourth-order valence-corrected chi connectivity index (χ4v) is 3.42. The van der Waals surface area contributed by atoms with Crippen LogP contribution in [-0.2, 0) is 22.6 Å². The van der Waals surface area contributed by atoms with Crippen molar-refractivity contribution in [3.05, 3.63) is 69.7 Å². The summed E-state index contributed by atoms with van der Waals surface area (Å²) in [6.45, 7) is 8.84. The molecule has 2 rings (SSSR count). The second-order valence-electron chi connectivity index (χ2n) is 7.58. The van der Waals surface area contributed by atoms with Crippen LogP contribution in [0.5, 0.6) is 0 Å². The highest BCUT2D eigenvalue weighted by Crippen LogP contribution is 2.18. The maximum atomic E-state index is 13.3. The van der Waals surface area contributed by atoms with Crippen LogP contribution in [-0.4, -0.2) is 29.3 Å². The third-order valence-electron chi connectivity index (χ3n) is 5.09. The van der Waals surface area contributed by atoms with Crippen molar-refractivity contribution in [2.75, 3.05) is 6.54 Å². The van der Waals surface area contributed by atoms with Crippen LogP contribution in [0.1, 0.15) is 48.9 Å². The van der Waals surface area contributed by atoms with E-state index >= 15 is 0 Å². The highest BCUT2D eigenvalue weighted by atomic mass is 35.5. The molecule has 1 atom stereocenters. The van der Waals surface area contributed by atoms with E-state index in [2.05, 4.69) is 12.2 Å². The number of nitrogens with one attached hydrogen (secondary N) is 1. The number of halogens is 1. The highest BCUT2D eigenvalue weighted by Gasteiger charge is 2.26. The summed E-state index contributed by atoms with van der Waals surface area (Å²) in [4.78, 5) is 27.6. The Bertz CT molecular complexity index is 851. The summed E-state index contributed by atoms with van der Waals surface area (Å²) in [5.41, 5.74) is 4.08. The standard InChI is InChI=1S/C24H31ClN2O2/c1-5-6-12-26-24(29)19(4)27(16-20-8-7-9-22(25)14-20)23(28)15-21-13-17(2)10-11-18(21)3/h7-11,13-14,19H,5-6,12,15-16H2,1-4H3,(H,26,29)/t19-/m0/s1. The molecule has 29 heavy (non-hydrogen) atoms. The van der Waals surface area contributed by atoms with E-state index < -0.39 is 6.04 Å². The van der Waals surface area contributed by atoms with Gasteiger partial charge in [0.25, 0.3) is 0 Å². The number of carbonyl (C=O) groups is 2. The molecule has 0 aliphatic heterocycles. The summed E-state index contributed by atoms with van der Waals surface area (Å²) < 4.78 is 0. The van der Waals surface area contributed by atoms with E-state index in [0.717, 1.165) is 35.1 Å². The molecule has 2 aromatic rings. The van der Waals surface area contributed by atoms with Gasteiger partial charge in [-0.15, -0.1) is 0 Å². The van der Waals surface area contributed by atoms with Gasteiger partial charge in [0.15, 0.2) is 0 Å². The average Bonchev–Trinajstić information content (AvgIpc) is 2.68. The van der Waals surface area contributed by atoms with Crippen LogP contribution < -0.4 is 5.32 Å². The number of unbranched alkanes of at least 4 members (excludes halogenated alkanes) is 1. The van der Waals surface area contributed by atoms with Gasteiger partial charge in [0.1, 0.15) is 6.04 Å². The lowest BCUT2D eigenvalue weighted by atomic mass is 10.0. The molecule has 0 aromatic heterocycles.